The van der Waals surface area contributed by atoms with E-state index in [2.05, 4.69) is 47.7 Å². The molecule has 10 heteroatoms. The predicted molar refractivity (Wildman–Crippen MR) is 128 cm³/mol. The second-order valence-corrected chi connectivity index (χ2v) is 9.53. The minimum atomic E-state index is -1.05. The summed E-state index contributed by atoms with van der Waals surface area (Å²) in [5.41, 5.74) is 2.94. The first-order valence-electron chi connectivity index (χ1n) is 9.67. The molecule has 0 fully saturated rings. The van der Waals surface area contributed by atoms with Gasteiger partial charge in [0.1, 0.15) is 17.4 Å². The monoisotopic (exact) mass is 569 g/mol. The van der Waals surface area contributed by atoms with Crippen LogP contribution in [-0.2, 0) is 20.9 Å². The number of aromatic hydroxyl groups is 1. The molecular weight excluding hydrogens is 546 g/mol. The molecule has 0 radical (unpaired) electrons. The fourth-order valence-electron chi connectivity index (χ4n) is 2.43. The number of phenolic OH excluding ortho intramolecular Hbond substituents is 1. The van der Waals surface area contributed by atoms with Crippen LogP contribution in [0.1, 0.15) is 31.9 Å². The molecule has 1 atom stereocenters. The van der Waals surface area contributed by atoms with Crippen LogP contribution >= 0.6 is 31.9 Å². The van der Waals surface area contributed by atoms with E-state index in [9.17, 15) is 14.7 Å². The second kappa shape index (κ2) is 12.0. The van der Waals surface area contributed by atoms with Crippen LogP contribution in [0.25, 0.3) is 0 Å². The van der Waals surface area contributed by atoms with Crippen molar-refractivity contribution in [2.45, 2.75) is 39.0 Å². The maximum absolute atomic E-state index is 12.6. The number of rotatable bonds is 8. The van der Waals surface area contributed by atoms with Gasteiger partial charge in [0.15, 0.2) is 0 Å². The summed E-state index contributed by atoms with van der Waals surface area (Å²) in [4.78, 5) is 24.8. The molecular formula is C22H25Br2N3O5. The average Bonchev–Trinajstić information content (AvgIpc) is 2.70. The van der Waals surface area contributed by atoms with Crippen molar-refractivity contribution in [3.63, 3.8) is 0 Å². The molecule has 0 spiro atoms. The minimum Gasteiger partial charge on any atom is -0.506 e. The summed E-state index contributed by atoms with van der Waals surface area (Å²) in [6.45, 7) is 5.34. The number of amides is 2. The van der Waals surface area contributed by atoms with Gasteiger partial charge in [-0.25, -0.2) is 10.2 Å². The zero-order valence-corrected chi connectivity index (χ0v) is 21.1. The van der Waals surface area contributed by atoms with Gasteiger partial charge in [0, 0.05) is 10.0 Å². The zero-order valence-electron chi connectivity index (χ0n) is 17.9. The molecule has 0 unspecified atom stereocenters. The number of alkyl carbamates (subject to hydrolysis) is 1. The Kier molecular flexibility index (Phi) is 9.67. The minimum absolute atomic E-state index is 0.0270. The third-order valence-corrected chi connectivity index (χ3v) is 4.90. The molecule has 0 heterocycles. The van der Waals surface area contributed by atoms with Crippen molar-refractivity contribution in [3.8, 4) is 5.75 Å². The van der Waals surface area contributed by atoms with Crippen molar-refractivity contribution in [1.29, 1.82) is 0 Å². The van der Waals surface area contributed by atoms with Gasteiger partial charge in [-0.1, -0.05) is 46.3 Å². The molecule has 8 nitrogen and oxygen atoms in total. The number of nitrogens with one attached hydrogen (secondary N) is 2. The van der Waals surface area contributed by atoms with Gasteiger partial charge in [0.25, 0.3) is 5.91 Å². The van der Waals surface area contributed by atoms with Crippen LogP contribution in [0.3, 0.4) is 0 Å². The Morgan fingerprint density at radius 2 is 1.88 bits per heavy atom. The first kappa shape index (κ1) is 25.8. The van der Waals surface area contributed by atoms with Gasteiger partial charge in [0.05, 0.1) is 23.9 Å². The smallest absolute Gasteiger partial charge is 0.408 e. The summed E-state index contributed by atoms with van der Waals surface area (Å²) in [7, 11) is 0. The lowest BCUT2D eigenvalue weighted by molar-refractivity contribution is -0.124. The van der Waals surface area contributed by atoms with Crippen molar-refractivity contribution in [2.24, 2.45) is 5.10 Å². The molecule has 0 bridgehead atoms. The molecule has 3 N–H and O–H groups in total. The maximum atomic E-state index is 12.6. The van der Waals surface area contributed by atoms with Gasteiger partial charge < -0.3 is 19.9 Å². The normalized spacial score (nSPS) is 12.4. The highest BCUT2D eigenvalue weighted by molar-refractivity contribution is 9.11. The van der Waals surface area contributed by atoms with E-state index < -0.39 is 23.6 Å². The van der Waals surface area contributed by atoms with Crippen LogP contribution in [0.4, 0.5) is 4.79 Å². The molecule has 2 aromatic carbocycles. The van der Waals surface area contributed by atoms with E-state index in [1.807, 2.05) is 30.3 Å². The van der Waals surface area contributed by atoms with E-state index in [0.29, 0.717) is 14.5 Å². The molecule has 2 rings (SSSR count). The number of nitrogens with zero attached hydrogens (tertiary/aromatic N) is 1. The van der Waals surface area contributed by atoms with Crippen LogP contribution < -0.4 is 10.7 Å². The molecule has 0 aliphatic carbocycles. The Morgan fingerprint density at radius 3 is 2.53 bits per heavy atom. The van der Waals surface area contributed by atoms with Gasteiger partial charge >= 0.3 is 6.09 Å². The topological polar surface area (TPSA) is 109 Å². The second-order valence-electron chi connectivity index (χ2n) is 7.76. The number of benzene rings is 2. The lowest BCUT2D eigenvalue weighted by Gasteiger charge is -2.22. The number of halogens is 2. The third-order valence-electron chi connectivity index (χ3n) is 3.84. The first-order chi connectivity index (χ1) is 15.0. The molecule has 0 aromatic heterocycles. The van der Waals surface area contributed by atoms with Crippen LogP contribution in [0.5, 0.6) is 5.75 Å². The molecule has 0 aliphatic rings. The van der Waals surface area contributed by atoms with Crippen LogP contribution in [-0.4, -0.2) is 41.6 Å². The molecule has 2 amide bonds. The standard InChI is InChI=1S/C22H25Br2N3O5/c1-22(2,3)32-21(30)26-18(13-31-12-14-7-5-4-6-8-14)20(29)27-25-11-15-9-16(23)10-17(24)19(15)28/h4-11,18,28H,12-13H2,1-3H3,(H,26,30)(H,27,29)/b25-11-/t18-/m0/s1. The largest absolute Gasteiger partial charge is 0.506 e. The Balaban J connectivity index is 2.04. The predicted octanol–water partition coefficient (Wildman–Crippen LogP) is 4.48. The van der Waals surface area contributed by atoms with Crippen molar-refractivity contribution in [2.75, 3.05) is 6.61 Å². The zero-order chi connectivity index (χ0) is 23.7. The number of ether oxygens (including phenoxy) is 2. The molecule has 32 heavy (non-hydrogen) atoms. The molecule has 2 aromatic rings. The Morgan fingerprint density at radius 1 is 1.19 bits per heavy atom. The molecule has 0 saturated heterocycles. The van der Waals surface area contributed by atoms with E-state index in [-0.39, 0.29) is 19.0 Å². The lowest BCUT2D eigenvalue weighted by Crippen LogP contribution is -2.49. The van der Waals surface area contributed by atoms with E-state index in [0.717, 1.165) is 5.56 Å². The average molecular weight is 571 g/mol. The SMILES string of the molecule is CC(C)(C)OC(=O)N[C@@H](COCc1ccccc1)C(=O)N/N=C\c1cc(Br)cc(Br)c1O. The van der Waals surface area contributed by atoms with Gasteiger partial charge in [-0.05, 0) is 54.4 Å². The number of phenols is 1. The van der Waals surface area contributed by atoms with E-state index in [1.54, 1.807) is 32.9 Å². The van der Waals surface area contributed by atoms with Gasteiger partial charge in [-0.2, -0.15) is 5.10 Å². The highest BCUT2D eigenvalue weighted by atomic mass is 79.9. The van der Waals surface area contributed by atoms with Crippen molar-refractivity contribution >= 4 is 50.1 Å². The number of hydrazone groups is 1. The Bertz CT molecular complexity index is 962. The highest BCUT2D eigenvalue weighted by Gasteiger charge is 2.24. The summed E-state index contributed by atoms with van der Waals surface area (Å²) < 4.78 is 12.0. The summed E-state index contributed by atoms with van der Waals surface area (Å²) in [6.07, 6.45) is 0.538. The van der Waals surface area contributed by atoms with E-state index in [4.69, 9.17) is 9.47 Å². The van der Waals surface area contributed by atoms with Crippen molar-refractivity contribution in [3.05, 3.63) is 62.5 Å². The lowest BCUT2D eigenvalue weighted by atomic mass is 10.2. The summed E-state index contributed by atoms with van der Waals surface area (Å²) in [6, 6.07) is 11.7. The molecule has 0 aliphatic heterocycles. The Hall–Kier alpha value is -2.43. The van der Waals surface area contributed by atoms with Crippen molar-refractivity contribution in [1.82, 2.24) is 10.7 Å². The number of carbonyl (C=O) groups excluding carboxylic acids is 2. The van der Waals surface area contributed by atoms with E-state index in [1.165, 1.54) is 6.21 Å². The molecule has 172 valence electrons. The first-order valence-corrected chi connectivity index (χ1v) is 11.3. The van der Waals surface area contributed by atoms with Crippen molar-refractivity contribution < 1.29 is 24.2 Å². The third kappa shape index (κ3) is 8.97. The summed E-state index contributed by atoms with van der Waals surface area (Å²) in [5.74, 6) is -0.630. The number of hydrogen-bond donors (Lipinski definition) is 3. The summed E-state index contributed by atoms with van der Waals surface area (Å²) >= 11 is 6.55. The Labute approximate surface area is 203 Å². The quantitative estimate of drug-likeness (QED) is 0.320. The fourth-order valence-corrected chi connectivity index (χ4v) is 3.69. The van der Waals surface area contributed by atoms with Gasteiger partial charge in [-0.3, -0.25) is 4.79 Å². The number of hydrogen-bond acceptors (Lipinski definition) is 6. The van der Waals surface area contributed by atoms with Gasteiger partial charge in [-0.15, -0.1) is 0 Å². The van der Waals surface area contributed by atoms with Gasteiger partial charge in [0.2, 0.25) is 0 Å². The summed E-state index contributed by atoms with van der Waals surface area (Å²) in [5, 5.41) is 16.5. The molecule has 0 saturated carbocycles. The van der Waals surface area contributed by atoms with Crippen LogP contribution in [0.2, 0.25) is 0 Å². The van der Waals surface area contributed by atoms with Crippen LogP contribution in [0, 0.1) is 0 Å². The van der Waals surface area contributed by atoms with Crippen LogP contribution in [0.15, 0.2) is 56.5 Å². The fraction of sp³-hybridized carbons (Fsp3) is 0.318. The van der Waals surface area contributed by atoms with E-state index >= 15 is 0 Å². The highest BCUT2D eigenvalue weighted by Crippen LogP contribution is 2.30. The number of carbonyl (C=O) groups is 2. The maximum Gasteiger partial charge on any atom is 0.408 e.